The first kappa shape index (κ1) is 14.0. The Hall–Kier alpha value is -0.670. The molecule has 5 fully saturated rings. The molecule has 1 aliphatic carbocycles. The lowest BCUT2D eigenvalue weighted by atomic mass is 9.57. The van der Waals surface area contributed by atoms with Crippen molar-refractivity contribution in [1.29, 1.82) is 5.26 Å². The first-order valence-electron chi connectivity index (χ1n) is 8.10. The number of hydrogen-bond donors (Lipinski definition) is 0. The fourth-order valence-corrected chi connectivity index (χ4v) is 5.05. The van der Waals surface area contributed by atoms with Crippen LogP contribution in [0.2, 0.25) is 0 Å². The second-order valence-electron chi connectivity index (χ2n) is 7.46. The predicted molar refractivity (Wildman–Crippen MR) is 72.4 cm³/mol. The maximum atomic E-state index is 9.40. The number of nitriles is 1. The van der Waals surface area contributed by atoms with Crippen LogP contribution in [-0.2, 0) is 19.2 Å². The molecule has 8 atom stereocenters. The lowest BCUT2D eigenvalue weighted by Gasteiger charge is -2.59. The highest BCUT2D eigenvalue weighted by Crippen LogP contribution is 2.60. The second kappa shape index (κ2) is 4.42. The zero-order valence-electron chi connectivity index (χ0n) is 12.9. The van der Waals surface area contributed by atoms with Gasteiger partial charge in [0.25, 0.3) is 0 Å². The quantitative estimate of drug-likeness (QED) is 0.643. The van der Waals surface area contributed by atoms with E-state index in [9.17, 15) is 5.26 Å². The van der Waals surface area contributed by atoms with E-state index in [-0.39, 0.29) is 11.8 Å². The Kier molecular flexibility index (Phi) is 2.94. The smallest absolute Gasteiger partial charge is 0.201 e. The van der Waals surface area contributed by atoms with Crippen LogP contribution in [0, 0.1) is 35.0 Å². The summed E-state index contributed by atoms with van der Waals surface area (Å²) in [7, 11) is 0. The Labute approximate surface area is 125 Å². The third-order valence-electron chi connectivity index (χ3n) is 6.29. The second-order valence-corrected chi connectivity index (χ2v) is 7.46. The molecule has 21 heavy (non-hydrogen) atoms. The molecule has 5 heteroatoms. The molecule has 4 heterocycles. The van der Waals surface area contributed by atoms with Gasteiger partial charge in [-0.05, 0) is 38.0 Å². The van der Waals surface area contributed by atoms with Gasteiger partial charge in [-0.15, -0.1) is 0 Å². The molecule has 0 aromatic heterocycles. The molecule has 4 aliphatic heterocycles. The van der Waals surface area contributed by atoms with Gasteiger partial charge in [0.2, 0.25) is 5.79 Å². The van der Waals surface area contributed by atoms with Crippen LogP contribution in [0.3, 0.4) is 0 Å². The highest BCUT2D eigenvalue weighted by molar-refractivity contribution is 5.12. The molecule has 0 amide bonds. The van der Waals surface area contributed by atoms with Gasteiger partial charge in [-0.2, -0.15) is 5.26 Å². The molecule has 2 bridgehead atoms. The van der Waals surface area contributed by atoms with Gasteiger partial charge in [0.1, 0.15) is 6.10 Å². The summed E-state index contributed by atoms with van der Waals surface area (Å²) < 4.78 is 12.2. The maximum absolute atomic E-state index is 9.40. The minimum absolute atomic E-state index is 0.135. The normalized spacial score (nSPS) is 59.0. The zero-order chi connectivity index (χ0) is 14.8. The molecule has 5 aliphatic rings. The highest BCUT2D eigenvalue weighted by Gasteiger charge is 2.69. The maximum Gasteiger partial charge on any atom is 0.201 e. The Balaban J connectivity index is 1.82. The summed E-state index contributed by atoms with van der Waals surface area (Å²) in [5.74, 6) is 0.567. The third kappa shape index (κ3) is 1.71. The average molecular weight is 293 g/mol. The summed E-state index contributed by atoms with van der Waals surface area (Å²) in [6.45, 7) is 6.29. The molecule has 4 saturated heterocycles. The van der Waals surface area contributed by atoms with Crippen molar-refractivity contribution in [3.05, 3.63) is 0 Å². The van der Waals surface area contributed by atoms with E-state index in [1.807, 2.05) is 6.92 Å². The molecule has 0 aromatic carbocycles. The first-order chi connectivity index (χ1) is 10.00. The summed E-state index contributed by atoms with van der Waals surface area (Å²) in [5.41, 5.74) is -0.541. The van der Waals surface area contributed by atoms with Gasteiger partial charge in [0.15, 0.2) is 11.9 Å². The van der Waals surface area contributed by atoms with Crippen molar-refractivity contribution < 1.29 is 19.2 Å². The molecule has 0 N–H and O–H groups in total. The largest absolute Gasteiger partial charge is 0.331 e. The zero-order valence-corrected chi connectivity index (χ0v) is 12.9. The van der Waals surface area contributed by atoms with Crippen molar-refractivity contribution >= 4 is 0 Å². The number of fused-ring (bicyclic) bond motifs is 2. The molecular formula is C16H23NO4. The average Bonchev–Trinajstić information content (AvgIpc) is 2.69. The van der Waals surface area contributed by atoms with Crippen LogP contribution in [0.25, 0.3) is 0 Å². The predicted octanol–water partition coefficient (Wildman–Crippen LogP) is 2.76. The number of ether oxygens (including phenoxy) is 2. The van der Waals surface area contributed by atoms with Crippen molar-refractivity contribution in [2.75, 3.05) is 0 Å². The molecular weight excluding hydrogens is 270 g/mol. The summed E-state index contributed by atoms with van der Waals surface area (Å²) in [5, 5.41) is 9.40. The molecule has 0 radical (unpaired) electrons. The van der Waals surface area contributed by atoms with Crippen LogP contribution >= 0.6 is 0 Å². The van der Waals surface area contributed by atoms with Gasteiger partial charge in [0, 0.05) is 18.3 Å². The van der Waals surface area contributed by atoms with Gasteiger partial charge in [0.05, 0.1) is 6.07 Å². The lowest BCUT2D eigenvalue weighted by Crippen LogP contribution is -2.70. The van der Waals surface area contributed by atoms with Crippen LogP contribution in [0.4, 0.5) is 0 Å². The fourth-order valence-electron chi connectivity index (χ4n) is 5.05. The van der Waals surface area contributed by atoms with Crippen LogP contribution in [-0.4, -0.2) is 23.8 Å². The molecule has 1 spiro atoms. The number of nitrogens with zero attached hydrogens (tertiary/aromatic N) is 1. The minimum atomic E-state index is -0.752. The summed E-state index contributed by atoms with van der Waals surface area (Å²) in [6, 6.07) is 2.29. The van der Waals surface area contributed by atoms with Gasteiger partial charge in [-0.1, -0.05) is 13.8 Å². The van der Waals surface area contributed by atoms with Crippen molar-refractivity contribution in [2.24, 2.45) is 23.7 Å². The van der Waals surface area contributed by atoms with Crippen LogP contribution in [0.5, 0.6) is 0 Å². The molecule has 0 unspecified atom stereocenters. The van der Waals surface area contributed by atoms with Crippen LogP contribution < -0.4 is 0 Å². The summed E-state index contributed by atoms with van der Waals surface area (Å²) in [6.07, 6.45) is 3.13. The first-order valence-corrected chi connectivity index (χ1v) is 8.10. The lowest BCUT2D eigenvalue weighted by molar-refractivity contribution is -0.569. The number of rotatable bonds is 0. The van der Waals surface area contributed by atoms with Crippen LogP contribution in [0.1, 0.15) is 46.5 Å². The Bertz CT molecular complexity index is 491. The standard InChI is InChI=1S/C16H23NO4/c1-9-4-5-12-10(2)13(8-17)18-14-16(12)11(9)6-7-15(3,19-14)20-21-16/h9-14H,4-7H2,1-3H3/t9-,10-,11+,12+,13-,14-,15+,16-/m1/s1. The SMILES string of the molecule is C[C@H]1[C@@H](C#N)O[C@@H]2O[C@]3(C)CC[C@H]4[C@H](C)CC[C@@H]1[C@@]24OO3. The van der Waals surface area contributed by atoms with Crippen molar-refractivity contribution in [3.8, 4) is 6.07 Å². The Morgan fingerprint density at radius 2 is 1.90 bits per heavy atom. The highest BCUT2D eigenvalue weighted by atomic mass is 17.3. The Morgan fingerprint density at radius 3 is 2.67 bits per heavy atom. The third-order valence-corrected chi connectivity index (χ3v) is 6.29. The topological polar surface area (TPSA) is 60.7 Å². The monoisotopic (exact) mass is 293 g/mol. The van der Waals surface area contributed by atoms with Crippen molar-refractivity contribution in [2.45, 2.75) is 70.2 Å². The van der Waals surface area contributed by atoms with E-state index >= 15 is 0 Å². The molecule has 5 rings (SSSR count). The minimum Gasteiger partial charge on any atom is -0.331 e. The summed E-state index contributed by atoms with van der Waals surface area (Å²) >= 11 is 0. The summed E-state index contributed by atoms with van der Waals surface area (Å²) in [4.78, 5) is 11.7. The van der Waals surface area contributed by atoms with E-state index in [2.05, 4.69) is 19.9 Å². The van der Waals surface area contributed by atoms with E-state index in [0.717, 1.165) is 19.3 Å². The molecule has 0 aromatic rings. The van der Waals surface area contributed by atoms with E-state index in [1.165, 1.54) is 6.42 Å². The van der Waals surface area contributed by atoms with Crippen LogP contribution in [0.15, 0.2) is 0 Å². The van der Waals surface area contributed by atoms with E-state index in [4.69, 9.17) is 19.2 Å². The van der Waals surface area contributed by atoms with Crippen molar-refractivity contribution in [3.63, 3.8) is 0 Å². The molecule has 1 saturated carbocycles. The van der Waals surface area contributed by atoms with Gasteiger partial charge < -0.3 is 9.47 Å². The van der Waals surface area contributed by atoms with E-state index < -0.39 is 23.8 Å². The van der Waals surface area contributed by atoms with Crippen molar-refractivity contribution in [1.82, 2.24) is 0 Å². The van der Waals surface area contributed by atoms with E-state index in [0.29, 0.717) is 11.8 Å². The van der Waals surface area contributed by atoms with Gasteiger partial charge in [-0.25, -0.2) is 9.78 Å². The van der Waals surface area contributed by atoms with E-state index in [1.54, 1.807) is 0 Å². The fraction of sp³-hybridized carbons (Fsp3) is 0.938. The van der Waals surface area contributed by atoms with Gasteiger partial charge in [-0.3, -0.25) is 0 Å². The Morgan fingerprint density at radius 1 is 1.10 bits per heavy atom. The number of hydrogen-bond acceptors (Lipinski definition) is 5. The molecule has 116 valence electrons. The molecule has 5 nitrogen and oxygen atoms in total. The van der Waals surface area contributed by atoms with Gasteiger partial charge >= 0.3 is 0 Å².